The second kappa shape index (κ2) is 4.98. The molecule has 0 unspecified atom stereocenters. The molecule has 0 aliphatic heterocycles. The molecule has 0 aromatic heterocycles. The van der Waals surface area contributed by atoms with Crippen LogP contribution in [0.2, 0.25) is 5.02 Å². The summed E-state index contributed by atoms with van der Waals surface area (Å²) in [5.41, 5.74) is 1.52. The van der Waals surface area contributed by atoms with Gasteiger partial charge in [0.2, 0.25) is 5.91 Å². The second-order valence-corrected chi connectivity index (χ2v) is 3.34. The number of carbonyl (C=O) groups excluding carboxylic acids is 1. The van der Waals surface area contributed by atoms with Gasteiger partial charge in [-0.15, -0.1) is 0 Å². The summed E-state index contributed by atoms with van der Waals surface area (Å²) in [7, 11) is 0. The zero-order valence-corrected chi connectivity index (χ0v) is 8.64. The summed E-state index contributed by atoms with van der Waals surface area (Å²) in [5, 5.41) is 11.8. The summed E-state index contributed by atoms with van der Waals surface area (Å²) < 4.78 is 0. The predicted molar refractivity (Wildman–Crippen MR) is 56.5 cm³/mol. The predicted octanol–water partition coefficient (Wildman–Crippen LogP) is 1.97. The molecule has 0 saturated carbocycles. The van der Waals surface area contributed by atoms with Crippen molar-refractivity contribution in [1.82, 2.24) is 0 Å². The number of hydrogen-bond donors (Lipinski definition) is 2. The van der Waals surface area contributed by atoms with Gasteiger partial charge in [0.25, 0.3) is 0 Å². The van der Waals surface area contributed by atoms with Crippen molar-refractivity contribution in [2.45, 2.75) is 13.3 Å². The zero-order valence-electron chi connectivity index (χ0n) is 7.88. The van der Waals surface area contributed by atoms with E-state index in [-0.39, 0.29) is 18.9 Å². The highest BCUT2D eigenvalue weighted by molar-refractivity contribution is 6.31. The minimum atomic E-state index is -0.210. The minimum absolute atomic E-state index is 0.103. The first-order chi connectivity index (χ1) is 6.65. The lowest BCUT2D eigenvalue weighted by molar-refractivity contribution is -0.116. The van der Waals surface area contributed by atoms with Gasteiger partial charge in [-0.05, 0) is 24.6 Å². The fourth-order valence-electron chi connectivity index (χ4n) is 1.06. The fraction of sp³-hybridized carbons (Fsp3) is 0.300. The van der Waals surface area contributed by atoms with Crippen molar-refractivity contribution in [3.05, 3.63) is 28.8 Å². The molecule has 0 radical (unpaired) electrons. The molecule has 0 aliphatic carbocycles. The molecule has 3 nitrogen and oxygen atoms in total. The van der Waals surface area contributed by atoms with Gasteiger partial charge in [0.15, 0.2) is 0 Å². The van der Waals surface area contributed by atoms with Crippen LogP contribution in [-0.2, 0) is 4.79 Å². The Hall–Kier alpha value is -1.06. The Balaban J connectivity index is 2.76. The fourth-order valence-corrected chi connectivity index (χ4v) is 1.23. The lowest BCUT2D eigenvalue weighted by Gasteiger charge is -2.08. The van der Waals surface area contributed by atoms with Gasteiger partial charge in [-0.25, -0.2) is 0 Å². The number of anilines is 1. The Morgan fingerprint density at radius 2 is 2.29 bits per heavy atom. The van der Waals surface area contributed by atoms with E-state index in [0.717, 1.165) is 5.56 Å². The lowest BCUT2D eigenvalue weighted by atomic mass is 10.2. The summed E-state index contributed by atoms with van der Waals surface area (Å²) in [4.78, 5) is 11.2. The number of aliphatic hydroxyl groups is 1. The number of halogens is 1. The van der Waals surface area contributed by atoms with E-state index in [1.54, 1.807) is 18.2 Å². The van der Waals surface area contributed by atoms with E-state index >= 15 is 0 Å². The Morgan fingerprint density at radius 1 is 1.57 bits per heavy atom. The van der Waals surface area contributed by atoms with Gasteiger partial charge in [-0.2, -0.15) is 0 Å². The van der Waals surface area contributed by atoms with Gasteiger partial charge in [0, 0.05) is 10.7 Å². The Labute approximate surface area is 87.7 Å². The van der Waals surface area contributed by atoms with E-state index in [4.69, 9.17) is 16.7 Å². The normalized spacial score (nSPS) is 9.93. The van der Waals surface area contributed by atoms with E-state index in [2.05, 4.69) is 5.32 Å². The van der Waals surface area contributed by atoms with E-state index in [1.165, 1.54) is 0 Å². The van der Waals surface area contributed by atoms with Crippen LogP contribution in [0.25, 0.3) is 0 Å². The topological polar surface area (TPSA) is 49.3 Å². The molecule has 4 heteroatoms. The maximum atomic E-state index is 11.2. The largest absolute Gasteiger partial charge is 0.396 e. The maximum absolute atomic E-state index is 11.2. The summed E-state index contributed by atoms with van der Waals surface area (Å²) in [6, 6.07) is 5.30. The van der Waals surface area contributed by atoms with Crippen molar-refractivity contribution in [2.24, 2.45) is 0 Å². The van der Waals surface area contributed by atoms with Crippen LogP contribution < -0.4 is 5.32 Å². The van der Waals surface area contributed by atoms with Crippen LogP contribution in [0.15, 0.2) is 18.2 Å². The summed E-state index contributed by atoms with van der Waals surface area (Å²) in [6.45, 7) is 1.68. The number of rotatable bonds is 3. The van der Waals surface area contributed by atoms with Crippen molar-refractivity contribution in [1.29, 1.82) is 0 Å². The van der Waals surface area contributed by atoms with Crippen LogP contribution >= 0.6 is 11.6 Å². The molecule has 1 amide bonds. The van der Waals surface area contributed by atoms with Gasteiger partial charge in [-0.1, -0.05) is 17.7 Å². The quantitative estimate of drug-likeness (QED) is 0.807. The van der Waals surface area contributed by atoms with Crippen LogP contribution in [0.4, 0.5) is 5.69 Å². The first-order valence-corrected chi connectivity index (χ1v) is 4.68. The minimum Gasteiger partial charge on any atom is -0.396 e. The molecule has 0 atom stereocenters. The highest BCUT2D eigenvalue weighted by Gasteiger charge is 2.05. The van der Waals surface area contributed by atoms with Gasteiger partial charge in [0.05, 0.1) is 13.0 Å². The lowest BCUT2D eigenvalue weighted by Crippen LogP contribution is -2.13. The SMILES string of the molecule is Cc1c(Cl)cccc1NC(=O)CCO. The van der Waals surface area contributed by atoms with Gasteiger partial charge in [0.1, 0.15) is 0 Å². The summed E-state index contributed by atoms with van der Waals surface area (Å²) in [5.74, 6) is -0.210. The highest BCUT2D eigenvalue weighted by atomic mass is 35.5. The zero-order chi connectivity index (χ0) is 10.6. The molecular weight excluding hydrogens is 202 g/mol. The Kier molecular flexibility index (Phi) is 3.92. The molecule has 76 valence electrons. The monoisotopic (exact) mass is 213 g/mol. The van der Waals surface area contributed by atoms with Crippen LogP contribution in [0.1, 0.15) is 12.0 Å². The maximum Gasteiger partial charge on any atom is 0.226 e. The van der Waals surface area contributed by atoms with E-state index in [1.807, 2.05) is 6.92 Å². The van der Waals surface area contributed by atoms with Crippen LogP contribution in [0.3, 0.4) is 0 Å². The molecule has 1 rings (SSSR count). The standard InChI is InChI=1S/C10H12ClNO2/c1-7-8(11)3-2-4-9(7)12-10(14)5-6-13/h2-4,13H,5-6H2,1H3,(H,12,14). The molecule has 1 aromatic carbocycles. The van der Waals surface area contributed by atoms with Crippen molar-refractivity contribution < 1.29 is 9.90 Å². The second-order valence-electron chi connectivity index (χ2n) is 2.93. The van der Waals surface area contributed by atoms with E-state index < -0.39 is 0 Å². The molecule has 0 saturated heterocycles. The molecule has 14 heavy (non-hydrogen) atoms. The van der Waals surface area contributed by atoms with Crippen LogP contribution in [0, 0.1) is 6.92 Å². The number of carbonyl (C=O) groups is 1. The number of nitrogens with one attached hydrogen (secondary N) is 1. The number of hydrogen-bond acceptors (Lipinski definition) is 2. The highest BCUT2D eigenvalue weighted by Crippen LogP contribution is 2.22. The first kappa shape index (κ1) is 11.0. The molecule has 2 N–H and O–H groups in total. The Morgan fingerprint density at radius 3 is 2.93 bits per heavy atom. The van der Waals surface area contributed by atoms with Gasteiger partial charge in [-0.3, -0.25) is 4.79 Å². The molecule has 0 heterocycles. The smallest absolute Gasteiger partial charge is 0.226 e. The van der Waals surface area contributed by atoms with Crippen molar-refractivity contribution in [2.75, 3.05) is 11.9 Å². The van der Waals surface area contributed by atoms with E-state index in [0.29, 0.717) is 10.7 Å². The Bertz CT molecular complexity index is 339. The van der Waals surface area contributed by atoms with Crippen LogP contribution in [0.5, 0.6) is 0 Å². The van der Waals surface area contributed by atoms with E-state index in [9.17, 15) is 4.79 Å². The summed E-state index contributed by atoms with van der Waals surface area (Å²) in [6.07, 6.45) is 0.103. The first-order valence-electron chi connectivity index (χ1n) is 4.31. The molecule has 0 spiro atoms. The third-order valence-corrected chi connectivity index (χ3v) is 2.29. The van der Waals surface area contributed by atoms with Gasteiger partial charge < -0.3 is 10.4 Å². The average molecular weight is 214 g/mol. The number of benzene rings is 1. The molecular formula is C10H12ClNO2. The average Bonchev–Trinajstić information content (AvgIpc) is 2.13. The molecule has 1 aromatic rings. The van der Waals surface area contributed by atoms with Crippen molar-refractivity contribution in [3.8, 4) is 0 Å². The van der Waals surface area contributed by atoms with Crippen molar-refractivity contribution in [3.63, 3.8) is 0 Å². The number of amides is 1. The molecule has 0 fully saturated rings. The van der Waals surface area contributed by atoms with Crippen molar-refractivity contribution >= 4 is 23.2 Å². The molecule has 0 aliphatic rings. The third kappa shape index (κ3) is 2.72. The number of aliphatic hydroxyl groups excluding tert-OH is 1. The molecule has 0 bridgehead atoms. The third-order valence-electron chi connectivity index (χ3n) is 1.88. The van der Waals surface area contributed by atoms with Crippen LogP contribution in [-0.4, -0.2) is 17.6 Å². The van der Waals surface area contributed by atoms with Gasteiger partial charge >= 0.3 is 0 Å². The summed E-state index contributed by atoms with van der Waals surface area (Å²) >= 11 is 5.87.